The van der Waals surface area contributed by atoms with E-state index in [0.29, 0.717) is 21.3 Å². The van der Waals surface area contributed by atoms with Crippen molar-refractivity contribution in [3.8, 4) is 6.07 Å². The summed E-state index contributed by atoms with van der Waals surface area (Å²) < 4.78 is 27.5. The highest BCUT2D eigenvalue weighted by Crippen LogP contribution is 2.23. The van der Waals surface area contributed by atoms with E-state index in [2.05, 4.69) is 20.7 Å². The third-order valence-corrected chi connectivity index (χ3v) is 4.54. The number of benzene rings is 2. The molecule has 0 heterocycles. The van der Waals surface area contributed by atoms with E-state index in [9.17, 15) is 8.42 Å². The molecule has 0 radical (unpaired) electrons. The Morgan fingerprint density at radius 3 is 2.45 bits per heavy atom. The molecule has 0 bridgehead atoms. The van der Waals surface area contributed by atoms with Gasteiger partial charge < -0.3 is 0 Å². The standard InChI is InChI=1S/C14H11BrN2O2S/c15-13-7-3-4-8-14(13)17-20(18,19)10-12-6-2-1-5-11(12)9-16/h1-8,17H,10H2. The summed E-state index contributed by atoms with van der Waals surface area (Å²) >= 11 is 3.28. The van der Waals surface area contributed by atoms with Gasteiger partial charge in [-0.3, -0.25) is 4.72 Å². The Morgan fingerprint density at radius 2 is 1.75 bits per heavy atom. The number of hydrogen-bond donors (Lipinski definition) is 1. The number of para-hydroxylation sites is 1. The van der Waals surface area contributed by atoms with Gasteiger partial charge >= 0.3 is 0 Å². The van der Waals surface area contributed by atoms with Crippen LogP contribution in [0.2, 0.25) is 0 Å². The number of nitriles is 1. The van der Waals surface area contributed by atoms with Crippen LogP contribution >= 0.6 is 15.9 Å². The summed E-state index contributed by atoms with van der Waals surface area (Å²) in [6, 6.07) is 15.6. The lowest BCUT2D eigenvalue weighted by molar-refractivity contribution is 0.600. The molecule has 4 nitrogen and oxygen atoms in total. The highest BCUT2D eigenvalue weighted by atomic mass is 79.9. The molecule has 0 aliphatic heterocycles. The number of sulfonamides is 1. The summed E-state index contributed by atoms with van der Waals surface area (Å²) in [5, 5.41) is 8.98. The monoisotopic (exact) mass is 350 g/mol. The van der Waals surface area contributed by atoms with Gasteiger partial charge in [-0.05, 0) is 39.7 Å². The van der Waals surface area contributed by atoms with Gasteiger partial charge in [0.2, 0.25) is 10.0 Å². The fraction of sp³-hybridized carbons (Fsp3) is 0.0714. The van der Waals surface area contributed by atoms with Crippen molar-refractivity contribution in [3.63, 3.8) is 0 Å². The summed E-state index contributed by atoms with van der Waals surface area (Å²) in [6.07, 6.45) is 0. The molecule has 0 amide bonds. The van der Waals surface area contributed by atoms with E-state index in [0.717, 1.165) is 0 Å². The Hall–Kier alpha value is -1.84. The van der Waals surface area contributed by atoms with E-state index in [-0.39, 0.29) is 5.75 Å². The van der Waals surface area contributed by atoms with Crippen molar-refractivity contribution >= 4 is 31.6 Å². The second-order valence-electron chi connectivity index (χ2n) is 4.11. The molecule has 0 unspecified atom stereocenters. The molecule has 0 aliphatic rings. The molecular weight excluding hydrogens is 340 g/mol. The smallest absolute Gasteiger partial charge is 0.236 e. The average Bonchev–Trinajstić information content (AvgIpc) is 2.41. The first kappa shape index (κ1) is 14.6. The predicted octanol–water partition coefficient (Wildman–Crippen LogP) is 3.26. The minimum atomic E-state index is -3.57. The molecule has 0 fully saturated rings. The SMILES string of the molecule is N#Cc1ccccc1CS(=O)(=O)Nc1ccccc1Br. The van der Waals surface area contributed by atoms with E-state index in [1.807, 2.05) is 6.07 Å². The van der Waals surface area contributed by atoms with Gasteiger partial charge in [0, 0.05) is 4.47 Å². The first-order valence-corrected chi connectivity index (χ1v) is 8.19. The molecule has 102 valence electrons. The summed E-state index contributed by atoms with van der Waals surface area (Å²) in [6.45, 7) is 0. The summed E-state index contributed by atoms with van der Waals surface area (Å²) in [7, 11) is -3.57. The van der Waals surface area contributed by atoms with Crippen molar-refractivity contribution in [3.05, 3.63) is 64.1 Å². The van der Waals surface area contributed by atoms with Gasteiger partial charge in [0.15, 0.2) is 0 Å². The Balaban J connectivity index is 2.25. The summed E-state index contributed by atoms with van der Waals surface area (Å²) in [5.74, 6) is -0.238. The van der Waals surface area contributed by atoms with Crippen molar-refractivity contribution < 1.29 is 8.42 Å². The van der Waals surface area contributed by atoms with Crippen molar-refractivity contribution in [2.75, 3.05) is 4.72 Å². The number of nitrogens with zero attached hydrogens (tertiary/aromatic N) is 1. The van der Waals surface area contributed by atoms with Gasteiger partial charge in [0.05, 0.1) is 23.1 Å². The Morgan fingerprint density at radius 1 is 1.10 bits per heavy atom. The third-order valence-electron chi connectivity index (χ3n) is 2.62. The van der Waals surface area contributed by atoms with E-state index in [1.165, 1.54) is 0 Å². The third kappa shape index (κ3) is 3.59. The van der Waals surface area contributed by atoms with Gasteiger partial charge in [0.25, 0.3) is 0 Å². The fourth-order valence-corrected chi connectivity index (χ4v) is 3.47. The van der Waals surface area contributed by atoms with Crippen LogP contribution in [-0.2, 0) is 15.8 Å². The van der Waals surface area contributed by atoms with E-state index < -0.39 is 10.0 Å². The van der Waals surface area contributed by atoms with Crippen LogP contribution in [0.25, 0.3) is 0 Å². The molecule has 0 atom stereocenters. The normalized spacial score (nSPS) is 10.8. The maximum atomic E-state index is 12.1. The minimum absolute atomic E-state index is 0.238. The van der Waals surface area contributed by atoms with E-state index >= 15 is 0 Å². The van der Waals surface area contributed by atoms with Crippen LogP contribution in [0.1, 0.15) is 11.1 Å². The van der Waals surface area contributed by atoms with E-state index in [1.54, 1.807) is 48.5 Å². The molecule has 0 aliphatic carbocycles. The summed E-state index contributed by atoms with van der Waals surface area (Å²) in [5.41, 5.74) is 1.32. The van der Waals surface area contributed by atoms with Crippen LogP contribution in [0.15, 0.2) is 53.0 Å². The quantitative estimate of drug-likeness (QED) is 0.919. The van der Waals surface area contributed by atoms with Gasteiger partial charge in [-0.2, -0.15) is 5.26 Å². The first-order valence-electron chi connectivity index (χ1n) is 5.75. The van der Waals surface area contributed by atoms with Crippen LogP contribution in [0, 0.1) is 11.3 Å². The van der Waals surface area contributed by atoms with Crippen molar-refractivity contribution in [2.45, 2.75) is 5.75 Å². The van der Waals surface area contributed by atoms with Crippen LogP contribution < -0.4 is 4.72 Å². The Bertz CT molecular complexity index is 767. The predicted molar refractivity (Wildman–Crippen MR) is 81.5 cm³/mol. The lowest BCUT2D eigenvalue weighted by Crippen LogP contribution is -2.16. The van der Waals surface area contributed by atoms with Crippen molar-refractivity contribution in [1.29, 1.82) is 5.26 Å². The number of rotatable bonds is 4. The number of nitrogens with one attached hydrogen (secondary N) is 1. The highest BCUT2D eigenvalue weighted by Gasteiger charge is 2.15. The zero-order valence-corrected chi connectivity index (χ0v) is 12.8. The molecule has 2 aromatic carbocycles. The van der Waals surface area contributed by atoms with Crippen LogP contribution in [0.3, 0.4) is 0 Å². The lowest BCUT2D eigenvalue weighted by Gasteiger charge is -2.10. The molecule has 0 spiro atoms. The molecule has 6 heteroatoms. The maximum absolute atomic E-state index is 12.1. The molecule has 2 rings (SSSR count). The lowest BCUT2D eigenvalue weighted by atomic mass is 10.1. The highest BCUT2D eigenvalue weighted by molar-refractivity contribution is 9.10. The zero-order chi connectivity index (χ0) is 14.6. The van der Waals surface area contributed by atoms with E-state index in [4.69, 9.17) is 5.26 Å². The van der Waals surface area contributed by atoms with Crippen LogP contribution in [0.5, 0.6) is 0 Å². The van der Waals surface area contributed by atoms with Gasteiger partial charge in [-0.1, -0.05) is 30.3 Å². The molecule has 0 saturated carbocycles. The van der Waals surface area contributed by atoms with Gasteiger partial charge in [0.1, 0.15) is 0 Å². The van der Waals surface area contributed by atoms with Crippen LogP contribution in [-0.4, -0.2) is 8.42 Å². The van der Waals surface area contributed by atoms with Crippen LogP contribution in [0.4, 0.5) is 5.69 Å². The fourth-order valence-electron chi connectivity index (χ4n) is 1.71. The topological polar surface area (TPSA) is 70.0 Å². The number of anilines is 1. The average molecular weight is 351 g/mol. The number of hydrogen-bond acceptors (Lipinski definition) is 3. The molecule has 1 N–H and O–H groups in total. The van der Waals surface area contributed by atoms with Gasteiger partial charge in [-0.15, -0.1) is 0 Å². The second-order valence-corrected chi connectivity index (χ2v) is 6.69. The first-order chi connectivity index (χ1) is 9.52. The molecule has 0 aromatic heterocycles. The largest absolute Gasteiger partial charge is 0.282 e. The Labute approximate surface area is 126 Å². The molecule has 20 heavy (non-hydrogen) atoms. The minimum Gasteiger partial charge on any atom is -0.282 e. The second kappa shape index (κ2) is 6.07. The van der Waals surface area contributed by atoms with Crippen molar-refractivity contribution in [2.24, 2.45) is 0 Å². The molecule has 2 aromatic rings. The van der Waals surface area contributed by atoms with Crippen molar-refractivity contribution in [1.82, 2.24) is 0 Å². The van der Waals surface area contributed by atoms with Gasteiger partial charge in [-0.25, -0.2) is 8.42 Å². The molecular formula is C14H11BrN2O2S. The Kier molecular flexibility index (Phi) is 4.42. The number of halogens is 1. The zero-order valence-electron chi connectivity index (χ0n) is 10.4. The maximum Gasteiger partial charge on any atom is 0.236 e. The summed E-state index contributed by atoms with van der Waals surface area (Å²) in [4.78, 5) is 0. The molecule has 0 saturated heterocycles.